The second kappa shape index (κ2) is 4.51. The fourth-order valence-electron chi connectivity index (χ4n) is 1.71. The molecule has 6 heteroatoms. The third kappa shape index (κ3) is 1.91. The minimum Gasteiger partial charge on any atom is -0.467 e. The quantitative estimate of drug-likeness (QED) is 0.720. The first kappa shape index (κ1) is 11.4. The molecule has 1 aromatic carbocycles. The molecule has 0 unspecified atom stereocenters. The lowest BCUT2D eigenvalue weighted by atomic mass is 10.1. The zero-order valence-electron chi connectivity index (χ0n) is 9.42. The Hall–Kier alpha value is -1.72. The summed E-state index contributed by atoms with van der Waals surface area (Å²) < 4.78 is 6.13. The van der Waals surface area contributed by atoms with Gasteiger partial charge >= 0.3 is 6.01 Å². The Labute approximate surface area is 112 Å². The van der Waals surface area contributed by atoms with Crippen LogP contribution in [0.15, 0.2) is 29.6 Å². The fraction of sp³-hybridized carbons (Fsp3) is 0.0833. The van der Waals surface area contributed by atoms with E-state index in [0.717, 1.165) is 15.6 Å². The lowest BCUT2D eigenvalue weighted by molar-refractivity contribution is 0.379. The zero-order chi connectivity index (χ0) is 12.5. The van der Waals surface area contributed by atoms with Crippen molar-refractivity contribution in [3.05, 3.63) is 34.9 Å². The summed E-state index contributed by atoms with van der Waals surface area (Å²) in [5, 5.41) is 3.33. The van der Waals surface area contributed by atoms with E-state index in [1.807, 2.05) is 17.5 Å². The SMILES string of the molecule is COc1nc(Cl)nc(-c2cccc3ccsc23)n1. The molecule has 0 saturated carbocycles. The smallest absolute Gasteiger partial charge is 0.321 e. The molecule has 18 heavy (non-hydrogen) atoms. The van der Waals surface area contributed by atoms with E-state index in [1.165, 1.54) is 7.11 Å². The van der Waals surface area contributed by atoms with Crippen LogP contribution in [-0.2, 0) is 0 Å². The number of rotatable bonds is 2. The monoisotopic (exact) mass is 277 g/mol. The molecule has 0 amide bonds. The lowest BCUT2D eigenvalue weighted by Gasteiger charge is -2.04. The highest BCUT2D eigenvalue weighted by Crippen LogP contribution is 2.31. The molecule has 0 fully saturated rings. The highest BCUT2D eigenvalue weighted by Gasteiger charge is 2.11. The summed E-state index contributed by atoms with van der Waals surface area (Å²) in [6.07, 6.45) is 0. The molecule has 0 aliphatic heterocycles. The summed E-state index contributed by atoms with van der Waals surface area (Å²) in [7, 11) is 1.50. The number of ether oxygens (including phenoxy) is 1. The number of hydrogen-bond acceptors (Lipinski definition) is 5. The molecular weight excluding hydrogens is 270 g/mol. The second-order valence-corrected chi connectivity index (χ2v) is 4.81. The first-order chi connectivity index (χ1) is 8.78. The Morgan fingerprint density at radius 1 is 1.17 bits per heavy atom. The molecule has 0 bridgehead atoms. The first-order valence-electron chi connectivity index (χ1n) is 5.20. The van der Waals surface area contributed by atoms with Crippen molar-refractivity contribution < 1.29 is 4.74 Å². The number of halogens is 1. The maximum Gasteiger partial charge on any atom is 0.321 e. The van der Waals surface area contributed by atoms with Crippen LogP contribution in [0.3, 0.4) is 0 Å². The summed E-state index contributed by atoms with van der Waals surface area (Å²) in [5.41, 5.74) is 0.935. The lowest BCUT2D eigenvalue weighted by Crippen LogP contribution is -1.97. The van der Waals surface area contributed by atoms with Crippen LogP contribution in [0.1, 0.15) is 0 Å². The maximum absolute atomic E-state index is 5.86. The largest absolute Gasteiger partial charge is 0.467 e. The van der Waals surface area contributed by atoms with Gasteiger partial charge in [-0.15, -0.1) is 11.3 Å². The van der Waals surface area contributed by atoms with Gasteiger partial charge in [0, 0.05) is 10.3 Å². The van der Waals surface area contributed by atoms with E-state index in [9.17, 15) is 0 Å². The molecule has 0 aliphatic rings. The Morgan fingerprint density at radius 3 is 2.89 bits per heavy atom. The van der Waals surface area contributed by atoms with E-state index < -0.39 is 0 Å². The van der Waals surface area contributed by atoms with E-state index in [0.29, 0.717) is 5.82 Å². The van der Waals surface area contributed by atoms with Gasteiger partial charge in [0.25, 0.3) is 0 Å². The highest BCUT2D eigenvalue weighted by molar-refractivity contribution is 7.17. The molecule has 0 radical (unpaired) electrons. The highest BCUT2D eigenvalue weighted by atomic mass is 35.5. The normalized spacial score (nSPS) is 10.8. The zero-order valence-corrected chi connectivity index (χ0v) is 11.0. The van der Waals surface area contributed by atoms with Gasteiger partial charge in [-0.25, -0.2) is 0 Å². The number of thiophene rings is 1. The molecule has 90 valence electrons. The molecule has 0 spiro atoms. The topological polar surface area (TPSA) is 47.9 Å². The van der Waals surface area contributed by atoms with Crippen molar-refractivity contribution in [1.82, 2.24) is 15.0 Å². The molecule has 2 heterocycles. The first-order valence-corrected chi connectivity index (χ1v) is 6.46. The van der Waals surface area contributed by atoms with E-state index in [1.54, 1.807) is 11.3 Å². The van der Waals surface area contributed by atoms with Gasteiger partial charge in [0.15, 0.2) is 5.82 Å². The van der Waals surface area contributed by atoms with E-state index in [-0.39, 0.29) is 11.3 Å². The third-order valence-electron chi connectivity index (χ3n) is 2.49. The molecule has 3 rings (SSSR count). The summed E-state index contributed by atoms with van der Waals surface area (Å²) in [5.74, 6) is 0.528. The van der Waals surface area contributed by atoms with Gasteiger partial charge in [-0.05, 0) is 34.5 Å². The van der Waals surface area contributed by atoms with Gasteiger partial charge in [0.1, 0.15) is 0 Å². The molecule has 2 aromatic heterocycles. The summed E-state index contributed by atoms with van der Waals surface area (Å²) in [6.45, 7) is 0. The minimum atomic E-state index is 0.130. The molecule has 0 atom stereocenters. The summed E-state index contributed by atoms with van der Waals surface area (Å²) in [4.78, 5) is 12.3. The van der Waals surface area contributed by atoms with Gasteiger partial charge in [-0.2, -0.15) is 15.0 Å². The summed E-state index contributed by atoms with van der Waals surface area (Å²) >= 11 is 7.51. The van der Waals surface area contributed by atoms with Crippen LogP contribution in [0.25, 0.3) is 21.5 Å². The fourth-order valence-corrected chi connectivity index (χ4v) is 2.77. The Balaban J connectivity index is 2.25. The molecule has 0 N–H and O–H groups in total. The van der Waals surface area contributed by atoms with Crippen LogP contribution in [0.2, 0.25) is 5.28 Å². The van der Waals surface area contributed by atoms with Crippen molar-refractivity contribution >= 4 is 33.0 Å². The van der Waals surface area contributed by atoms with Crippen LogP contribution in [0.5, 0.6) is 6.01 Å². The standard InChI is InChI=1S/C12H8ClN3OS/c1-17-12-15-10(14-11(13)16-12)8-4-2-3-7-5-6-18-9(7)8/h2-6H,1H3. The third-order valence-corrected chi connectivity index (χ3v) is 3.62. The Kier molecular flexibility index (Phi) is 2.85. The molecule has 0 saturated heterocycles. The average molecular weight is 278 g/mol. The number of benzene rings is 1. The van der Waals surface area contributed by atoms with Gasteiger partial charge in [-0.1, -0.05) is 12.1 Å². The van der Waals surface area contributed by atoms with Crippen LogP contribution in [0, 0.1) is 0 Å². The van der Waals surface area contributed by atoms with Crippen molar-refractivity contribution in [3.8, 4) is 17.4 Å². The molecule has 0 aliphatic carbocycles. The van der Waals surface area contributed by atoms with Gasteiger partial charge in [0.05, 0.1) is 7.11 Å². The molecular formula is C12H8ClN3OS. The number of hydrogen-bond donors (Lipinski definition) is 0. The Morgan fingerprint density at radius 2 is 2.06 bits per heavy atom. The maximum atomic E-state index is 5.86. The van der Waals surface area contributed by atoms with Crippen molar-refractivity contribution in [3.63, 3.8) is 0 Å². The van der Waals surface area contributed by atoms with Gasteiger partial charge in [0.2, 0.25) is 5.28 Å². The van der Waals surface area contributed by atoms with Crippen molar-refractivity contribution in [1.29, 1.82) is 0 Å². The number of methoxy groups -OCH3 is 1. The number of fused-ring (bicyclic) bond motifs is 1. The van der Waals surface area contributed by atoms with E-state index in [4.69, 9.17) is 16.3 Å². The minimum absolute atomic E-state index is 0.130. The van der Waals surface area contributed by atoms with Crippen LogP contribution in [0.4, 0.5) is 0 Å². The average Bonchev–Trinajstić information content (AvgIpc) is 2.85. The second-order valence-electron chi connectivity index (χ2n) is 3.56. The van der Waals surface area contributed by atoms with E-state index >= 15 is 0 Å². The summed E-state index contributed by atoms with van der Waals surface area (Å²) in [6, 6.07) is 8.26. The van der Waals surface area contributed by atoms with Crippen LogP contribution >= 0.6 is 22.9 Å². The predicted molar refractivity (Wildman–Crippen MR) is 72.2 cm³/mol. The molecule has 3 aromatic rings. The van der Waals surface area contributed by atoms with Crippen LogP contribution in [-0.4, -0.2) is 22.1 Å². The molecule has 4 nitrogen and oxygen atoms in total. The number of aromatic nitrogens is 3. The number of nitrogens with zero attached hydrogens (tertiary/aromatic N) is 3. The van der Waals surface area contributed by atoms with Gasteiger partial charge < -0.3 is 4.74 Å². The van der Waals surface area contributed by atoms with E-state index in [2.05, 4.69) is 27.1 Å². The predicted octanol–water partition coefficient (Wildman–Crippen LogP) is 3.42. The van der Waals surface area contributed by atoms with Crippen LogP contribution < -0.4 is 4.74 Å². The van der Waals surface area contributed by atoms with Crippen molar-refractivity contribution in [2.45, 2.75) is 0 Å². The Bertz CT molecular complexity index is 713. The van der Waals surface area contributed by atoms with Crippen molar-refractivity contribution in [2.24, 2.45) is 0 Å². The van der Waals surface area contributed by atoms with Crippen molar-refractivity contribution in [2.75, 3.05) is 7.11 Å². The van der Waals surface area contributed by atoms with Gasteiger partial charge in [-0.3, -0.25) is 0 Å².